The van der Waals surface area contributed by atoms with Crippen LogP contribution in [-0.4, -0.2) is 9.13 Å². The lowest BCUT2D eigenvalue weighted by Crippen LogP contribution is -1.94. The Morgan fingerprint density at radius 1 is 0.241 bits per heavy atom. The number of hydrogen-bond acceptors (Lipinski definition) is 0. The highest BCUT2D eigenvalue weighted by Gasteiger charge is 2.22. The molecule has 0 spiro atoms. The summed E-state index contributed by atoms with van der Waals surface area (Å²) in [4.78, 5) is 0. The molecule has 250 valence electrons. The van der Waals surface area contributed by atoms with Crippen molar-refractivity contribution in [2.45, 2.75) is 0 Å². The van der Waals surface area contributed by atoms with Crippen LogP contribution in [0.4, 0.5) is 0 Å². The molecule has 54 heavy (non-hydrogen) atoms. The van der Waals surface area contributed by atoms with Gasteiger partial charge in [0, 0.05) is 32.9 Å². The minimum absolute atomic E-state index is 1.16. The van der Waals surface area contributed by atoms with Crippen molar-refractivity contribution in [2.75, 3.05) is 0 Å². The normalized spacial score (nSPS) is 12.1. The summed E-state index contributed by atoms with van der Waals surface area (Å²) >= 11 is 0. The van der Waals surface area contributed by atoms with Crippen LogP contribution in [0.2, 0.25) is 0 Å². The van der Waals surface area contributed by atoms with Crippen LogP contribution in [0.5, 0.6) is 0 Å². The third-order valence-electron chi connectivity index (χ3n) is 11.7. The van der Waals surface area contributed by atoms with Gasteiger partial charge in [-0.25, -0.2) is 0 Å². The van der Waals surface area contributed by atoms with E-state index in [0.29, 0.717) is 0 Å². The van der Waals surface area contributed by atoms with Gasteiger partial charge in [-0.2, -0.15) is 0 Å². The molecule has 11 aromatic rings. The van der Waals surface area contributed by atoms with Crippen molar-refractivity contribution >= 4 is 54.4 Å². The van der Waals surface area contributed by atoms with Gasteiger partial charge in [0.2, 0.25) is 0 Å². The fourth-order valence-corrected chi connectivity index (χ4v) is 9.29. The zero-order chi connectivity index (χ0) is 35.3. The maximum Gasteiger partial charge on any atom is 0.0541 e. The Morgan fingerprint density at radius 3 is 1.31 bits per heavy atom. The largest absolute Gasteiger partial charge is 0.309 e. The molecule has 2 heteroatoms. The van der Waals surface area contributed by atoms with Gasteiger partial charge in [0.1, 0.15) is 0 Å². The van der Waals surface area contributed by atoms with Gasteiger partial charge in [-0.15, -0.1) is 0 Å². The van der Waals surface area contributed by atoms with Crippen molar-refractivity contribution in [3.63, 3.8) is 0 Å². The Labute approximate surface area is 312 Å². The van der Waals surface area contributed by atoms with E-state index in [4.69, 9.17) is 0 Å². The number of benzene rings is 9. The molecule has 1 aliphatic carbocycles. The van der Waals surface area contributed by atoms with Crippen molar-refractivity contribution in [3.05, 3.63) is 194 Å². The molecule has 0 fully saturated rings. The molecule has 2 nitrogen and oxygen atoms in total. The fourth-order valence-electron chi connectivity index (χ4n) is 9.29. The first-order valence-electron chi connectivity index (χ1n) is 18.7. The Hall–Kier alpha value is -7.16. The molecule has 0 radical (unpaired) electrons. The SMILES string of the molecule is c1ccc(-n2c3ccccc3c3cc(-c4ccc5c(c4)c4ccccc4n5-c4ccc(-c5ccc6c7c(cccc57)-c5ccccc5-6)cc4)ccc32)cc1. The number of hydrogen-bond donors (Lipinski definition) is 0. The molecule has 9 aromatic carbocycles. The molecule has 0 bridgehead atoms. The quantitative estimate of drug-likeness (QED) is 0.175. The van der Waals surface area contributed by atoms with Crippen LogP contribution in [0.3, 0.4) is 0 Å². The van der Waals surface area contributed by atoms with Crippen molar-refractivity contribution in [2.24, 2.45) is 0 Å². The zero-order valence-corrected chi connectivity index (χ0v) is 29.4. The Kier molecular flexibility index (Phi) is 6.09. The number of nitrogens with zero attached hydrogens (tertiary/aromatic N) is 2. The third-order valence-corrected chi connectivity index (χ3v) is 11.7. The van der Waals surface area contributed by atoms with Gasteiger partial charge in [0.05, 0.1) is 22.1 Å². The maximum atomic E-state index is 2.42. The van der Waals surface area contributed by atoms with Crippen LogP contribution < -0.4 is 0 Å². The van der Waals surface area contributed by atoms with E-state index in [1.165, 1.54) is 105 Å². The first-order chi connectivity index (χ1) is 26.8. The molecular weight excluding hydrogens is 653 g/mol. The van der Waals surface area contributed by atoms with E-state index < -0.39 is 0 Å². The summed E-state index contributed by atoms with van der Waals surface area (Å²) in [5.41, 5.74) is 17.4. The number of fused-ring (bicyclic) bond motifs is 9. The predicted molar refractivity (Wildman–Crippen MR) is 228 cm³/mol. The summed E-state index contributed by atoms with van der Waals surface area (Å²) in [5.74, 6) is 0. The molecule has 0 atom stereocenters. The third kappa shape index (κ3) is 4.11. The number of rotatable bonds is 4. The molecule has 0 unspecified atom stereocenters. The molecular formula is C52H32N2. The van der Waals surface area contributed by atoms with Crippen LogP contribution in [0.1, 0.15) is 0 Å². The summed E-state index contributed by atoms with van der Waals surface area (Å²) in [6.45, 7) is 0. The molecule has 0 aliphatic heterocycles. The highest BCUT2D eigenvalue weighted by atomic mass is 15.0. The van der Waals surface area contributed by atoms with Crippen LogP contribution in [-0.2, 0) is 0 Å². The molecule has 12 rings (SSSR count). The smallest absolute Gasteiger partial charge is 0.0541 e. The van der Waals surface area contributed by atoms with E-state index in [9.17, 15) is 0 Å². The standard InChI is InChI=1S/C52H32N2/c1-2-11-36(12-3-1)53-48-19-8-6-15-41(48)46-31-34(23-29-50(46)53)35-24-30-51-47(32-35)42-16-7-9-20-49(42)54(51)37-25-21-33(22-26-37)38-27-28-45-40-14-5-4-13-39(40)44-18-10-17-43(38)52(44)45/h1-32H. The lowest BCUT2D eigenvalue weighted by Gasteiger charge is -2.12. The van der Waals surface area contributed by atoms with E-state index in [-0.39, 0.29) is 0 Å². The Bertz CT molecular complexity index is 3280. The molecule has 0 amide bonds. The molecule has 0 saturated heterocycles. The maximum absolute atomic E-state index is 2.42. The summed E-state index contributed by atoms with van der Waals surface area (Å²) in [5, 5.41) is 7.71. The summed E-state index contributed by atoms with van der Waals surface area (Å²) in [7, 11) is 0. The highest BCUT2D eigenvalue weighted by molar-refractivity contribution is 6.19. The van der Waals surface area contributed by atoms with Crippen molar-refractivity contribution in [3.8, 4) is 55.9 Å². The van der Waals surface area contributed by atoms with Gasteiger partial charge < -0.3 is 9.13 Å². The van der Waals surface area contributed by atoms with Gasteiger partial charge in [-0.05, 0) is 116 Å². The summed E-state index contributed by atoms with van der Waals surface area (Å²) < 4.78 is 4.79. The molecule has 2 heterocycles. The zero-order valence-electron chi connectivity index (χ0n) is 29.4. The average molecular weight is 685 g/mol. The molecule has 1 aliphatic rings. The van der Waals surface area contributed by atoms with Crippen molar-refractivity contribution in [1.82, 2.24) is 9.13 Å². The van der Waals surface area contributed by atoms with E-state index in [1.807, 2.05) is 0 Å². The number of aromatic nitrogens is 2. The minimum Gasteiger partial charge on any atom is -0.309 e. The van der Waals surface area contributed by atoms with Crippen molar-refractivity contribution < 1.29 is 0 Å². The number of para-hydroxylation sites is 3. The first-order valence-corrected chi connectivity index (χ1v) is 18.7. The molecule has 0 N–H and O–H groups in total. The fraction of sp³-hybridized carbons (Fsp3) is 0. The predicted octanol–water partition coefficient (Wildman–Crippen LogP) is 14.0. The van der Waals surface area contributed by atoms with E-state index in [2.05, 4.69) is 203 Å². The monoisotopic (exact) mass is 684 g/mol. The molecule has 2 aromatic heterocycles. The molecule has 0 saturated carbocycles. The Balaban J connectivity index is 0.971. The second kappa shape index (κ2) is 11.2. The Morgan fingerprint density at radius 2 is 0.685 bits per heavy atom. The topological polar surface area (TPSA) is 9.86 Å². The van der Waals surface area contributed by atoms with Crippen LogP contribution >= 0.6 is 0 Å². The van der Waals surface area contributed by atoms with Crippen LogP contribution in [0.25, 0.3) is 110 Å². The van der Waals surface area contributed by atoms with Gasteiger partial charge >= 0.3 is 0 Å². The van der Waals surface area contributed by atoms with Crippen LogP contribution in [0, 0.1) is 0 Å². The second-order valence-electron chi connectivity index (χ2n) is 14.5. The lowest BCUT2D eigenvalue weighted by molar-refractivity contribution is 1.18. The van der Waals surface area contributed by atoms with Gasteiger partial charge in [0.25, 0.3) is 0 Å². The van der Waals surface area contributed by atoms with Crippen LogP contribution in [0.15, 0.2) is 194 Å². The van der Waals surface area contributed by atoms with Gasteiger partial charge in [-0.3, -0.25) is 0 Å². The lowest BCUT2D eigenvalue weighted by atomic mass is 9.94. The van der Waals surface area contributed by atoms with E-state index in [0.717, 1.165) is 5.69 Å². The van der Waals surface area contributed by atoms with E-state index >= 15 is 0 Å². The van der Waals surface area contributed by atoms with E-state index in [1.54, 1.807) is 0 Å². The average Bonchev–Trinajstić information content (AvgIpc) is 3.88. The second-order valence-corrected chi connectivity index (χ2v) is 14.5. The first kappa shape index (κ1) is 29.4. The van der Waals surface area contributed by atoms with Crippen molar-refractivity contribution in [1.29, 1.82) is 0 Å². The van der Waals surface area contributed by atoms with Gasteiger partial charge in [0.15, 0.2) is 0 Å². The summed E-state index contributed by atoms with van der Waals surface area (Å²) in [6, 6.07) is 71.4. The van der Waals surface area contributed by atoms with Gasteiger partial charge in [-0.1, -0.05) is 133 Å². The summed E-state index contributed by atoms with van der Waals surface area (Å²) in [6.07, 6.45) is 0. The minimum atomic E-state index is 1.16. The highest BCUT2D eigenvalue weighted by Crippen LogP contribution is 2.49.